The summed E-state index contributed by atoms with van der Waals surface area (Å²) in [6.45, 7) is 4.26. The molecule has 1 amide bonds. The van der Waals surface area contributed by atoms with Gasteiger partial charge in [0.2, 0.25) is 5.89 Å². The minimum absolute atomic E-state index is 0.0829. The van der Waals surface area contributed by atoms with E-state index in [1.807, 2.05) is 42.7 Å². The Labute approximate surface area is 161 Å². The van der Waals surface area contributed by atoms with Gasteiger partial charge in [0, 0.05) is 26.2 Å². The van der Waals surface area contributed by atoms with E-state index in [4.69, 9.17) is 4.42 Å². The Bertz CT molecular complexity index is 875. The van der Waals surface area contributed by atoms with Gasteiger partial charge >= 0.3 is 6.01 Å². The van der Waals surface area contributed by atoms with E-state index in [2.05, 4.69) is 29.4 Å². The number of carbonyl (C=O) groups excluding carboxylic acids is 1. The van der Waals surface area contributed by atoms with Crippen LogP contribution in [0.1, 0.15) is 24.2 Å². The van der Waals surface area contributed by atoms with E-state index in [9.17, 15) is 4.79 Å². The highest BCUT2D eigenvalue weighted by atomic mass is 32.2. The number of benzene rings is 2. The Hall–Kier alpha value is -2.25. The molecule has 0 radical (unpaired) electrons. The number of amides is 1. The van der Waals surface area contributed by atoms with Gasteiger partial charge in [-0.1, -0.05) is 18.9 Å². The first-order valence-electron chi connectivity index (χ1n) is 8.11. The third kappa shape index (κ3) is 4.68. The summed E-state index contributed by atoms with van der Waals surface area (Å²) in [5.74, 6) is 0.0932. The first kappa shape index (κ1) is 18.5. The second-order valence-corrected chi connectivity index (χ2v) is 8.32. The number of hydrogen-bond donors (Lipinski definition) is 1. The minimum Gasteiger partial charge on any atom is -0.403 e. The molecule has 1 N–H and O–H groups in total. The predicted octanol–water partition coefficient (Wildman–Crippen LogP) is 5.21. The third-order valence-corrected chi connectivity index (χ3v) is 5.23. The van der Waals surface area contributed by atoms with Crippen LogP contribution >= 0.6 is 23.5 Å². The maximum Gasteiger partial charge on any atom is 0.322 e. The standard InChI is InChI=1S/C19H19N3O2S2/c1-12(2)26-16-10-4-13(5-11-16)17(23)20-19-22-21-18(24-19)14-6-8-15(25-3)9-7-14/h4-12H,1-3H3,(H,20,22,23). The molecule has 0 aliphatic rings. The van der Waals surface area contributed by atoms with Gasteiger partial charge in [0.1, 0.15) is 0 Å². The van der Waals surface area contributed by atoms with Gasteiger partial charge in [0.05, 0.1) is 0 Å². The van der Waals surface area contributed by atoms with Gasteiger partial charge in [0.15, 0.2) is 0 Å². The summed E-state index contributed by atoms with van der Waals surface area (Å²) < 4.78 is 5.55. The van der Waals surface area contributed by atoms with Crippen molar-refractivity contribution in [1.82, 2.24) is 10.2 Å². The average molecular weight is 386 g/mol. The molecule has 3 rings (SSSR count). The lowest BCUT2D eigenvalue weighted by Crippen LogP contribution is -2.11. The molecule has 26 heavy (non-hydrogen) atoms. The van der Waals surface area contributed by atoms with E-state index >= 15 is 0 Å². The smallest absolute Gasteiger partial charge is 0.322 e. The zero-order valence-electron chi connectivity index (χ0n) is 14.7. The van der Waals surface area contributed by atoms with Crippen molar-refractivity contribution >= 4 is 35.4 Å². The van der Waals surface area contributed by atoms with E-state index in [0.29, 0.717) is 16.7 Å². The molecule has 3 aromatic rings. The number of carbonyl (C=O) groups is 1. The van der Waals surface area contributed by atoms with Crippen LogP contribution in [-0.4, -0.2) is 27.6 Å². The number of nitrogens with zero attached hydrogens (tertiary/aromatic N) is 2. The van der Waals surface area contributed by atoms with Crippen molar-refractivity contribution in [1.29, 1.82) is 0 Å². The molecule has 1 aromatic heterocycles. The summed E-state index contributed by atoms with van der Waals surface area (Å²) >= 11 is 3.42. The fourth-order valence-corrected chi connectivity index (χ4v) is 3.50. The second-order valence-electron chi connectivity index (χ2n) is 5.79. The molecule has 5 nitrogen and oxygen atoms in total. The largest absolute Gasteiger partial charge is 0.403 e. The first-order chi connectivity index (χ1) is 12.5. The van der Waals surface area contributed by atoms with Crippen LogP contribution in [0.5, 0.6) is 0 Å². The quantitative estimate of drug-likeness (QED) is 0.587. The van der Waals surface area contributed by atoms with E-state index < -0.39 is 0 Å². The van der Waals surface area contributed by atoms with Crippen molar-refractivity contribution in [2.45, 2.75) is 28.9 Å². The van der Waals surface area contributed by atoms with Gasteiger partial charge in [-0.15, -0.1) is 28.6 Å². The summed E-state index contributed by atoms with van der Waals surface area (Å²) in [7, 11) is 0. The Balaban J connectivity index is 1.67. The summed E-state index contributed by atoms with van der Waals surface area (Å²) in [6, 6.07) is 15.3. The van der Waals surface area contributed by atoms with Gasteiger partial charge in [-0.2, -0.15) is 0 Å². The van der Waals surface area contributed by atoms with Crippen LogP contribution < -0.4 is 5.32 Å². The van der Waals surface area contributed by atoms with Gasteiger partial charge in [-0.25, -0.2) is 0 Å². The van der Waals surface area contributed by atoms with Gasteiger partial charge < -0.3 is 4.42 Å². The van der Waals surface area contributed by atoms with Crippen LogP contribution in [0, 0.1) is 0 Å². The number of anilines is 1. The fourth-order valence-electron chi connectivity index (χ4n) is 2.25. The van der Waals surface area contributed by atoms with Crippen molar-refractivity contribution in [2.24, 2.45) is 0 Å². The molecule has 0 bridgehead atoms. The highest BCUT2D eigenvalue weighted by Gasteiger charge is 2.13. The highest BCUT2D eigenvalue weighted by Crippen LogP contribution is 2.24. The van der Waals surface area contributed by atoms with Crippen molar-refractivity contribution in [3.8, 4) is 11.5 Å². The number of hydrogen-bond acceptors (Lipinski definition) is 6. The first-order valence-corrected chi connectivity index (χ1v) is 10.2. The number of thioether (sulfide) groups is 2. The molecule has 7 heteroatoms. The normalized spacial score (nSPS) is 10.9. The number of aromatic nitrogens is 2. The Kier molecular flexibility index (Phi) is 6.00. The summed E-state index contributed by atoms with van der Waals surface area (Å²) in [6.07, 6.45) is 2.02. The van der Waals surface area contributed by atoms with Crippen LogP contribution in [0.2, 0.25) is 0 Å². The average Bonchev–Trinajstić information content (AvgIpc) is 3.10. The maximum absolute atomic E-state index is 12.3. The van der Waals surface area contributed by atoms with Gasteiger partial charge in [0.25, 0.3) is 5.91 Å². The van der Waals surface area contributed by atoms with Crippen molar-refractivity contribution in [2.75, 3.05) is 11.6 Å². The molecular weight excluding hydrogens is 366 g/mol. The molecule has 2 aromatic carbocycles. The molecule has 0 spiro atoms. The Morgan fingerprint density at radius 2 is 1.65 bits per heavy atom. The highest BCUT2D eigenvalue weighted by molar-refractivity contribution is 8.00. The van der Waals surface area contributed by atoms with Crippen molar-refractivity contribution in [3.63, 3.8) is 0 Å². The summed E-state index contributed by atoms with van der Waals surface area (Å²) in [5, 5.41) is 11.0. The lowest BCUT2D eigenvalue weighted by atomic mass is 10.2. The summed E-state index contributed by atoms with van der Waals surface area (Å²) in [5.41, 5.74) is 1.35. The van der Waals surface area contributed by atoms with Gasteiger partial charge in [-0.3, -0.25) is 10.1 Å². The zero-order chi connectivity index (χ0) is 18.5. The minimum atomic E-state index is -0.279. The SMILES string of the molecule is CSc1ccc(-c2nnc(NC(=O)c3ccc(SC(C)C)cc3)o2)cc1. The topological polar surface area (TPSA) is 68.0 Å². The molecule has 0 atom stereocenters. The Morgan fingerprint density at radius 1 is 1.00 bits per heavy atom. The number of rotatable bonds is 6. The van der Waals surface area contributed by atoms with Crippen molar-refractivity contribution in [3.05, 3.63) is 54.1 Å². The Morgan fingerprint density at radius 3 is 2.27 bits per heavy atom. The molecule has 0 saturated carbocycles. The molecular formula is C19H19N3O2S2. The molecule has 0 aliphatic heterocycles. The molecule has 0 unspecified atom stereocenters. The third-order valence-electron chi connectivity index (χ3n) is 3.47. The molecule has 0 saturated heterocycles. The monoisotopic (exact) mass is 385 g/mol. The van der Waals surface area contributed by atoms with E-state index in [0.717, 1.165) is 15.4 Å². The zero-order valence-corrected chi connectivity index (χ0v) is 16.4. The number of nitrogens with one attached hydrogen (secondary N) is 1. The van der Waals surface area contributed by atoms with Crippen molar-refractivity contribution < 1.29 is 9.21 Å². The van der Waals surface area contributed by atoms with Crippen LogP contribution in [0.4, 0.5) is 6.01 Å². The predicted molar refractivity (Wildman–Crippen MR) is 107 cm³/mol. The summed E-state index contributed by atoms with van der Waals surface area (Å²) in [4.78, 5) is 14.6. The maximum atomic E-state index is 12.3. The van der Waals surface area contributed by atoms with Crippen LogP contribution in [0.25, 0.3) is 11.5 Å². The van der Waals surface area contributed by atoms with E-state index in [1.54, 1.807) is 35.7 Å². The fraction of sp³-hybridized carbons (Fsp3) is 0.211. The van der Waals surface area contributed by atoms with Crippen LogP contribution in [0.15, 0.2) is 62.7 Å². The molecule has 0 fully saturated rings. The lowest BCUT2D eigenvalue weighted by molar-refractivity contribution is 0.102. The van der Waals surface area contributed by atoms with Crippen LogP contribution in [-0.2, 0) is 0 Å². The van der Waals surface area contributed by atoms with Gasteiger partial charge in [-0.05, 0) is 54.8 Å². The lowest BCUT2D eigenvalue weighted by Gasteiger charge is -2.05. The molecule has 0 aliphatic carbocycles. The van der Waals surface area contributed by atoms with E-state index in [-0.39, 0.29) is 11.9 Å². The second kappa shape index (κ2) is 8.42. The molecule has 1 heterocycles. The van der Waals surface area contributed by atoms with E-state index in [1.165, 1.54) is 0 Å². The molecule has 134 valence electrons. The van der Waals surface area contributed by atoms with Crippen LogP contribution in [0.3, 0.4) is 0 Å².